The Balaban J connectivity index is 4.18. The van der Waals surface area contributed by atoms with Gasteiger partial charge in [-0.1, -0.05) is 0 Å². The van der Waals surface area contributed by atoms with E-state index in [9.17, 15) is 14.4 Å². The topological polar surface area (TPSA) is 115 Å². The second kappa shape index (κ2) is 5.41. The van der Waals surface area contributed by atoms with Gasteiger partial charge in [0.1, 0.15) is 6.04 Å². The van der Waals surface area contributed by atoms with E-state index in [0.29, 0.717) is 0 Å². The monoisotopic (exact) mass is 205 g/mol. The Kier molecular flexibility index (Phi) is 4.90. The van der Waals surface area contributed by atoms with Crippen molar-refractivity contribution in [3.63, 3.8) is 0 Å². The molecular weight excluding hydrogens is 194 g/mol. The number of nitrogens with two attached hydrogens (primary N) is 2. The average Bonchev–Trinajstić information content (AvgIpc) is 2.02. The van der Waals surface area contributed by atoms with E-state index < -0.39 is 23.8 Å². The zero-order valence-corrected chi connectivity index (χ0v) is 7.71. The summed E-state index contributed by atoms with van der Waals surface area (Å²) < 4.78 is 0. The minimum Gasteiger partial charge on any atom is -0.370 e. The Morgan fingerprint density at radius 2 is 1.85 bits per heavy atom. The number of nitrogens with one attached hydrogen (secondary N) is 1. The zero-order valence-electron chi connectivity index (χ0n) is 6.82. The van der Waals surface area contributed by atoms with E-state index in [-0.39, 0.29) is 12.2 Å². The largest absolute Gasteiger partial charge is 0.370 e. The summed E-state index contributed by atoms with van der Waals surface area (Å²) in [7, 11) is 0. The molecule has 0 fully saturated rings. The fraction of sp³-hybridized carbons (Fsp3) is 0.500. The van der Waals surface area contributed by atoms with Gasteiger partial charge in [-0.25, -0.2) is 0 Å². The van der Waals surface area contributed by atoms with Crippen molar-refractivity contribution in [2.24, 2.45) is 11.5 Å². The predicted molar refractivity (Wildman–Crippen MR) is 48.8 cm³/mol. The summed E-state index contributed by atoms with van der Waals surface area (Å²) in [5, 5.41) is 2.21. The predicted octanol–water partition coefficient (Wildman–Crippen LogP) is -2.24. The number of rotatable bonds is 5. The second-order valence-electron chi connectivity index (χ2n) is 2.35. The van der Waals surface area contributed by atoms with Crippen LogP contribution in [0, 0.1) is 0 Å². The molecule has 0 aliphatic carbocycles. The summed E-state index contributed by atoms with van der Waals surface area (Å²) in [6.45, 7) is 0. The Labute approximate surface area is 80.4 Å². The quantitative estimate of drug-likeness (QED) is 0.380. The van der Waals surface area contributed by atoms with Crippen LogP contribution < -0.4 is 16.8 Å². The van der Waals surface area contributed by atoms with Gasteiger partial charge in [0.25, 0.3) is 0 Å². The SMILES string of the molecule is NC(=O)CC(NC(=O)CS)C(N)=O. The van der Waals surface area contributed by atoms with Gasteiger partial charge in [0, 0.05) is 0 Å². The first kappa shape index (κ1) is 11.8. The highest BCUT2D eigenvalue weighted by atomic mass is 32.1. The van der Waals surface area contributed by atoms with Gasteiger partial charge < -0.3 is 16.8 Å². The summed E-state index contributed by atoms with van der Waals surface area (Å²) in [6.07, 6.45) is -0.297. The van der Waals surface area contributed by atoms with E-state index in [1.807, 2.05) is 0 Å². The third-order valence-corrected chi connectivity index (χ3v) is 1.51. The first-order chi connectivity index (χ1) is 5.97. The normalized spacial score (nSPS) is 11.8. The molecule has 13 heavy (non-hydrogen) atoms. The summed E-state index contributed by atoms with van der Waals surface area (Å²) in [4.78, 5) is 31.8. The van der Waals surface area contributed by atoms with Crippen molar-refractivity contribution in [2.75, 3.05) is 5.75 Å². The van der Waals surface area contributed by atoms with Gasteiger partial charge in [-0.3, -0.25) is 14.4 Å². The molecule has 0 aliphatic heterocycles. The van der Waals surface area contributed by atoms with E-state index in [0.717, 1.165) is 0 Å². The fourth-order valence-corrected chi connectivity index (χ4v) is 0.755. The van der Waals surface area contributed by atoms with Gasteiger partial charge in [0.2, 0.25) is 17.7 Å². The molecule has 0 heterocycles. The van der Waals surface area contributed by atoms with Crippen LogP contribution in [-0.2, 0) is 14.4 Å². The van der Waals surface area contributed by atoms with Crippen LogP contribution in [0.1, 0.15) is 6.42 Å². The molecule has 5 N–H and O–H groups in total. The lowest BCUT2D eigenvalue weighted by Crippen LogP contribution is -2.47. The molecule has 74 valence electrons. The zero-order chi connectivity index (χ0) is 10.4. The van der Waals surface area contributed by atoms with Gasteiger partial charge in [-0.05, 0) is 0 Å². The second-order valence-corrected chi connectivity index (χ2v) is 2.67. The Bertz CT molecular complexity index is 231. The minimum absolute atomic E-state index is 0.0808. The lowest BCUT2D eigenvalue weighted by atomic mass is 10.2. The summed E-state index contributed by atoms with van der Waals surface area (Å²) in [5.74, 6) is -2.06. The summed E-state index contributed by atoms with van der Waals surface area (Å²) >= 11 is 3.67. The minimum atomic E-state index is -1.04. The molecule has 0 aliphatic rings. The van der Waals surface area contributed by atoms with Crippen LogP contribution in [0.4, 0.5) is 0 Å². The van der Waals surface area contributed by atoms with Gasteiger partial charge >= 0.3 is 0 Å². The van der Waals surface area contributed by atoms with E-state index in [1.54, 1.807) is 0 Å². The molecule has 0 radical (unpaired) electrons. The number of hydrogen-bond donors (Lipinski definition) is 4. The number of hydrogen-bond acceptors (Lipinski definition) is 4. The van der Waals surface area contributed by atoms with Crippen molar-refractivity contribution in [3.05, 3.63) is 0 Å². The van der Waals surface area contributed by atoms with Crippen LogP contribution in [0.3, 0.4) is 0 Å². The Morgan fingerprint density at radius 3 is 2.15 bits per heavy atom. The van der Waals surface area contributed by atoms with Gasteiger partial charge in [0.05, 0.1) is 12.2 Å². The molecule has 0 aromatic rings. The highest BCUT2D eigenvalue weighted by Crippen LogP contribution is 1.90. The molecule has 0 aromatic carbocycles. The van der Waals surface area contributed by atoms with Gasteiger partial charge in [0.15, 0.2) is 0 Å². The molecule has 6 nitrogen and oxygen atoms in total. The van der Waals surface area contributed by atoms with Crippen LogP contribution in [0.5, 0.6) is 0 Å². The number of amides is 3. The third kappa shape index (κ3) is 5.07. The number of primary amides is 2. The molecule has 0 bridgehead atoms. The molecular formula is C6H11N3O3S. The van der Waals surface area contributed by atoms with Crippen molar-refractivity contribution in [3.8, 4) is 0 Å². The maximum absolute atomic E-state index is 10.8. The number of thiol groups is 1. The smallest absolute Gasteiger partial charge is 0.240 e. The van der Waals surface area contributed by atoms with Crippen molar-refractivity contribution in [1.29, 1.82) is 0 Å². The van der Waals surface area contributed by atoms with E-state index in [1.165, 1.54) is 0 Å². The molecule has 1 atom stereocenters. The van der Waals surface area contributed by atoms with Crippen LogP contribution >= 0.6 is 12.6 Å². The molecule has 0 aromatic heterocycles. The van der Waals surface area contributed by atoms with Crippen LogP contribution in [0.2, 0.25) is 0 Å². The molecule has 0 saturated heterocycles. The van der Waals surface area contributed by atoms with Crippen molar-refractivity contribution in [1.82, 2.24) is 5.32 Å². The average molecular weight is 205 g/mol. The van der Waals surface area contributed by atoms with E-state index >= 15 is 0 Å². The van der Waals surface area contributed by atoms with Crippen LogP contribution in [-0.4, -0.2) is 29.5 Å². The van der Waals surface area contributed by atoms with Crippen molar-refractivity contribution in [2.45, 2.75) is 12.5 Å². The van der Waals surface area contributed by atoms with Crippen molar-refractivity contribution < 1.29 is 14.4 Å². The third-order valence-electron chi connectivity index (χ3n) is 1.23. The van der Waals surface area contributed by atoms with Crippen molar-refractivity contribution >= 4 is 30.4 Å². The molecule has 0 spiro atoms. The highest BCUT2D eigenvalue weighted by molar-refractivity contribution is 7.81. The molecule has 0 rings (SSSR count). The lowest BCUT2D eigenvalue weighted by molar-refractivity contribution is -0.128. The van der Waals surface area contributed by atoms with Crippen LogP contribution in [0.15, 0.2) is 0 Å². The van der Waals surface area contributed by atoms with E-state index in [2.05, 4.69) is 17.9 Å². The molecule has 3 amide bonds. The maximum Gasteiger partial charge on any atom is 0.240 e. The molecule has 7 heteroatoms. The lowest BCUT2D eigenvalue weighted by Gasteiger charge is -2.12. The van der Waals surface area contributed by atoms with Gasteiger partial charge in [-0.15, -0.1) is 0 Å². The molecule has 1 unspecified atom stereocenters. The highest BCUT2D eigenvalue weighted by Gasteiger charge is 2.19. The number of carbonyl (C=O) groups is 3. The molecule has 0 saturated carbocycles. The standard InChI is InChI=1S/C6H11N3O3S/c7-4(10)1-3(6(8)12)9-5(11)2-13/h3,13H,1-2H2,(H2,7,10)(H2,8,12)(H,9,11). The first-order valence-electron chi connectivity index (χ1n) is 3.45. The van der Waals surface area contributed by atoms with Crippen LogP contribution in [0.25, 0.3) is 0 Å². The Hall–Kier alpha value is -1.24. The van der Waals surface area contributed by atoms with E-state index in [4.69, 9.17) is 11.5 Å². The Morgan fingerprint density at radius 1 is 1.31 bits per heavy atom. The number of carbonyl (C=O) groups excluding carboxylic acids is 3. The summed E-state index contributed by atoms with van der Waals surface area (Å²) in [5.41, 5.74) is 9.73. The summed E-state index contributed by atoms with van der Waals surface area (Å²) in [6, 6.07) is -1.04. The van der Waals surface area contributed by atoms with Gasteiger partial charge in [-0.2, -0.15) is 12.6 Å². The maximum atomic E-state index is 10.8. The first-order valence-corrected chi connectivity index (χ1v) is 4.08. The fourth-order valence-electron chi connectivity index (χ4n) is 0.664.